The Bertz CT molecular complexity index is 8210. The fraction of sp³-hybridized carbons (Fsp3) is 0.0699. The molecule has 23 aromatic rings. The SMILES string of the molecule is Cc1ccc(-c2cc(-c3ccccc3)cc(-c3cc(C)cc(-c4cc(-c5ccccc5)cc(-c5cc(C)cc(C)c5)c4)c3)c2)cc1.Cc1ccc(-c2cccc(-c3cc(-c4cccc(-c5cc(C)cc(C)c5)c4)cc(-c4cc(-c5ccccc5)nc(-c5ccccc5)n4)c3)c2)cc1.Cc1ccc(-c2cccc(-c3cc(-c4cccc(-c5cc(C)cc(C)c5)c4)cc(-c4nc(-c5ccccc5)nc(-c5ccccc5)n4)c3)c2)cc1. The van der Waals surface area contributed by atoms with Crippen LogP contribution in [0.15, 0.2) is 504 Å². The van der Waals surface area contributed by atoms with E-state index in [9.17, 15) is 0 Å². The third-order valence-electron chi connectivity index (χ3n) is 27.4. The summed E-state index contributed by atoms with van der Waals surface area (Å²) in [6.07, 6.45) is 0. The number of nitrogens with zero attached hydrogens (tertiary/aromatic N) is 5. The number of hydrogen-bond donors (Lipinski definition) is 0. The first kappa shape index (κ1) is 95.9. The van der Waals surface area contributed by atoms with Crippen molar-refractivity contribution in [2.24, 2.45) is 0 Å². The predicted octanol–water partition coefficient (Wildman–Crippen LogP) is 38.5. The van der Waals surface area contributed by atoms with E-state index in [1.54, 1.807) is 0 Å². The molecule has 5 heteroatoms. The number of hydrogen-bond acceptors (Lipinski definition) is 5. The molecule has 21 aromatic carbocycles. The van der Waals surface area contributed by atoms with Crippen molar-refractivity contribution in [2.75, 3.05) is 0 Å². The van der Waals surface area contributed by atoms with Crippen LogP contribution in [0.4, 0.5) is 0 Å². The summed E-state index contributed by atoms with van der Waals surface area (Å²) < 4.78 is 0. The van der Waals surface area contributed by atoms with Gasteiger partial charge in [-0.2, -0.15) is 0 Å². The average Bonchev–Trinajstić information content (AvgIpc) is 0.773. The van der Waals surface area contributed by atoms with E-state index in [0.717, 1.165) is 89.3 Å². The molecule has 0 saturated carbocycles. The first-order valence-electron chi connectivity index (χ1n) is 50.9. The first-order valence-corrected chi connectivity index (χ1v) is 50.9. The van der Waals surface area contributed by atoms with Crippen LogP contribution in [0.2, 0.25) is 0 Å². The predicted molar refractivity (Wildman–Crippen MR) is 624 cm³/mol. The molecule has 0 aliphatic rings. The highest BCUT2D eigenvalue weighted by atomic mass is 15.0. The first-order chi connectivity index (χ1) is 72.3. The zero-order valence-corrected chi connectivity index (χ0v) is 85.2. The number of rotatable bonds is 20. The third kappa shape index (κ3) is 22.8. The Morgan fingerprint density at radius 3 is 0.520 bits per heavy atom. The van der Waals surface area contributed by atoms with Crippen LogP contribution in [-0.4, -0.2) is 24.9 Å². The van der Waals surface area contributed by atoms with Crippen LogP contribution in [0.3, 0.4) is 0 Å². The monoisotopic (exact) mass is 1900 g/mol. The van der Waals surface area contributed by atoms with Crippen LogP contribution >= 0.6 is 0 Å². The maximum atomic E-state index is 5.22. The van der Waals surface area contributed by atoms with Crippen LogP contribution in [0.5, 0.6) is 0 Å². The van der Waals surface area contributed by atoms with E-state index in [0.29, 0.717) is 23.3 Å². The second kappa shape index (κ2) is 43.5. The van der Waals surface area contributed by atoms with Crippen LogP contribution in [-0.2, 0) is 0 Å². The number of aryl methyl sites for hydroxylation is 10. The summed E-state index contributed by atoms with van der Waals surface area (Å²) in [6.45, 7) is 21.6. The van der Waals surface area contributed by atoms with Gasteiger partial charge in [-0.3, -0.25) is 0 Å². The zero-order valence-electron chi connectivity index (χ0n) is 85.2. The molecule has 0 unspecified atom stereocenters. The topological polar surface area (TPSA) is 64.5 Å². The summed E-state index contributed by atoms with van der Waals surface area (Å²) in [6, 6.07) is 181. The summed E-state index contributed by atoms with van der Waals surface area (Å²) in [5.41, 5.74) is 53.6. The lowest BCUT2D eigenvalue weighted by atomic mass is 9.89. The molecule has 148 heavy (non-hydrogen) atoms. The maximum Gasteiger partial charge on any atom is 0.164 e. The largest absolute Gasteiger partial charge is 0.228 e. The molecule has 0 saturated heterocycles. The second-order valence-electron chi connectivity index (χ2n) is 39.3. The Hall–Kier alpha value is -18.3. The van der Waals surface area contributed by atoms with Gasteiger partial charge in [0.05, 0.1) is 11.4 Å². The lowest BCUT2D eigenvalue weighted by molar-refractivity contribution is 1.07. The van der Waals surface area contributed by atoms with E-state index >= 15 is 0 Å². The molecule has 0 amide bonds. The Balaban J connectivity index is 0.000000130. The standard InChI is InChI=1S/C49H38N2.C48H37N3.C46H38/c1-33-20-22-36(23-21-33)39-16-10-18-41(27-39)44-29-45(42-19-11-17-40(28-42)43-25-34(2)24-35(3)26-43)31-46(30-44)48-32-47(37-12-6-4-7-13-37)50-49(51-48)38-14-8-5-9-15-38;1-32-20-22-35(23-21-32)38-16-10-18-40(27-38)43-29-44(41-19-11-17-39(28-41)42-25-33(2)24-34(3)26-42)31-45(30-43)48-50-46(36-12-6-4-7-13-36)49-47(51-48)37-14-8-5-9-15-37;1-31-15-17-37(18-16-31)43-25-41(35-11-7-5-8-12-35)27-45(29-43)39-22-34(4)23-40(24-39)46-28-42(36-13-9-6-10-14-36)26-44(30-46)38-20-32(2)19-33(3)21-38/h4-32H,1-3H3;4-31H,1-3H3;5-30H,1-4H3. The molecule has 710 valence electrons. The van der Waals surface area contributed by atoms with E-state index in [2.05, 4.69) is 488 Å². The lowest BCUT2D eigenvalue weighted by Gasteiger charge is -2.15. The van der Waals surface area contributed by atoms with Gasteiger partial charge in [-0.05, 0) is 340 Å². The van der Waals surface area contributed by atoms with Gasteiger partial charge >= 0.3 is 0 Å². The minimum absolute atomic E-state index is 0.631. The molecule has 0 spiro atoms. The summed E-state index contributed by atoms with van der Waals surface area (Å²) in [4.78, 5) is 25.4. The highest BCUT2D eigenvalue weighted by Gasteiger charge is 2.22. The Morgan fingerprint density at radius 2 is 0.243 bits per heavy atom. The molecule has 0 radical (unpaired) electrons. The van der Waals surface area contributed by atoms with Gasteiger partial charge in [0.1, 0.15) is 0 Å². The van der Waals surface area contributed by atoms with E-state index < -0.39 is 0 Å². The molecule has 0 fully saturated rings. The zero-order chi connectivity index (χ0) is 101. The Morgan fingerprint density at radius 1 is 0.0878 bits per heavy atom. The quantitative estimate of drug-likeness (QED) is 0.0761. The molecular weight excluding hydrogens is 1790 g/mol. The van der Waals surface area contributed by atoms with Crippen molar-refractivity contribution in [3.05, 3.63) is 559 Å². The molecule has 0 N–H and O–H groups in total. The van der Waals surface area contributed by atoms with Gasteiger partial charge in [-0.1, -0.05) is 444 Å². The molecule has 5 nitrogen and oxygen atoms in total. The van der Waals surface area contributed by atoms with E-state index in [1.807, 2.05) is 84.9 Å². The summed E-state index contributed by atoms with van der Waals surface area (Å²) in [5, 5.41) is 0. The number of aromatic nitrogens is 5. The third-order valence-corrected chi connectivity index (χ3v) is 27.4. The molecular formula is C143H113N5. The average molecular weight is 1900 g/mol. The summed E-state index contributed by atoms with van der Waals surface area (Å²) in [5.74, 6) is 2.62. The van der Waals surface area contributed by atoms with Gasteiger partial charge in [0.25, 0.3) is 0 Å². The van der Waals surface area contributed by atoms with Gasteiger partial charge < -0.3 is 0 Å². The highest BCUT2D eigenvalue weighted by Crippen LogP contribution is 2.44. The summed E-state index contributed by atoms with van der Waals surface area (Å²) >= 11 is 0. The van der Waals surface area contributed by atoms with Crippen LogP contribution in [0, 0.1) is 69.2 Å². The molecule has 0 atom stereocenters. The van der Waals surface area contributed by atoms with Crippen LogP contribution in [0.25, 0.3) is 224 Å². The fourth-order valence-electron chi connectivity index (χ4n) is 20.0. The van der Waals surface area contributed by atoms with Gasteiger partial charge in [0.2, 0.25) is 0 Å². The minimum atomic E-state index is 0.631. The van der Waals surface area contributed by atoms with Crippen molar-refractivity contribution in [3.63, 3.8) is 0 Å². The van der Waals surface area contributed by atoms with Crippen LogP contribution in [0.1, 0.15) is 55.6 Å². The van der Waals surface area contributed by atoms with Gasteiger partial charge in [0, 0.05) is 33.4 Å². The van der Waals surface area contributed by atoms with Crippen molar-refractivity contribution < 1.29 is 0 Å². The van der Waals surface area contributed by atoms with E-state index in [4.69, 9.17) is 24.9 Å². The molecule has 2 aromatic heterocycles. The normalized spacial score (nSPS) is 11.0. The summed E-state index contributed by atoms with van der Waals surface area (Å²) in [7, 11) is 0. The molecule has 0 aliphatic heterocycles. The fourth-order valence-corrected chi connectivity index (χ4v) is 20.0. The molecule has 2 heterocycles. The van der Waals surface area contributed by atoms with Crippen molar-refractivity contribution >= 4 is 0 Å². The maximum absolute atomic E-state index is 5.22. The highest BCUT2D eigenvalue weighted by molar-refractivity contribution is 5.91. The van der Waals surface area contributed by atoms with E-state index in [1.165, 1.54) is 167 Å². The smallest absolute Gasteiger partial charge is 0.164 e. The van der Waals surface area contributed by atoms with E-state index in [-0.39, 0.29) is 0 Å². The van der Waals surface area contributed by atoms with Gasteiger partial charge in [-0.25, -0.2) is 24.9 Å². The van der Waals surface area contributed by atoms with Crippen molar-refractivity contribution in [3.8, 4) is 224 Å². The van der Waals surface area contributed by atoms with Gasteiger partial charge in [0.15, 0.2) is 23.3 Å². The number of benzene rings is 21. The van der Waals surface area contributed by atoms with Crippen molar-refractivity contribution in [1.82, 2.24) is 24.9 Å². The van der Waals surface area contributed by atoms with Crippen molar-refractivity contribution in [2.45, 2.75) is 69.2 Å². The molecule has 0 bridgehead atoms. The Labute approximate surface area is 870 Å². The lowest BCUT2D eigenvalue weighted by Crippen LogP contribution is -2.00. The molecule has 0 aliphatic carbocycles. The van der Waals surface area contributed by atoms with Crippen molar-refractivity contribution in [1.29, 1.82) is 0 Å². The minimum Gasteiger partial charge on any atom is -0.228 e. The Kier molecular flexibility index (Phi) is 28.2. The molecule has 23 rings (SSSR count). The van der Waals surface area contributed by atoms with Crippen LogP contribution < -0.4 is 0 Å². The second-order valence-corrected chi connectivity index (χ2v) is 39.3. The van der Waals surface area contributed by atoms with Gasteiger partial charge in [-0.15, -0.1) is 0 Å².